The number of piperazine rings is 1. The van der Waals surface area contributed by atoms with Crippen molar-refractivity contribution in [1.82, 2.24) is 4.90 Å². The molecule has 1 aromatic heterocycles. The first-order chi connectivity index (χ1) is 15.2. The molecule has 1 saturated carbocycles. The predicted molar refractivity (Wildman–Crippen MR) is 130 cm³/mol. The number of hydrogen-bond acceptors (Lipinski definition) is 4. The molecule has 4 nitrogen and oxygen atoms in total. The Labute approximate surface area is 190 Å². The fraction of sp³-hybridized carbons (Fsp3) is 0.577. The first-order valence-corrected chi connectivity index (χ1v) is 13.0. The average molecular weight is 438 g/mol. The van der Waals surface area contributed by atoms with Gasteiger partial charge in [0.15, 0.2) is 0 Å². The van der Waals surface area contributed by atoms with Crippen molar-refractivity contribution < 1.29 is 4.79 Å². The minimum Gasteiger partial charge on any atom is -0.368 e. The van der Waals surface area contributed by atoms with Crippen LogP contribution in [0.15, 0.2) is 35.7 Å². The maximum Gasteiger partial charge on any atom is 0.230 e. The molecule has 31 heavy (non-hydrogen) atoms. The fourth-order valence-electron chi connectivity index (χ4n) is 5.80. The van der Waals surface area contributed by atoms with Crippen LogP contribution in [0.2, 0.25) is 0 Å². The van der Waals surface area contributed by atoms with Crippen molar-refractivity contribution in [2.24, 2.45) is 5.92 Å². The highest BCUT2D eigenvalue weighted by Crippen LogP contribution is 2.35. The molecule has 3 heterocycles. The minimum absolute atomic E-state index is 0.223. The summed E-state index contributed by atoms with van der Waals surface area (Å²) in [4.78, 5) is 22.5. The minimum atomic E-state index is 0.223. The number of amides is 1. The van der Waals surface area contributed by atoms with Gasteiger partial charge in [-0.2, -0.15) is 0 Å². The number of benzene rings is 1. The Morgan fingerprint density at radius 2 is 1.74 bits per heavy atom. The summed E-state index contributed by atoms with van der Waals surface area (Å²) in [6.07, 6.45) is 8.02. The SMILES string of the molecule is Cc1sccc1N1CCN(CC2CCc3ccccc3N2C(=O)C2CCCCC2)CC1. The molecule has 2 aromatic rings. The first kappa shape index (κ1) is 21.0. The highest BCUT2D eigenvalue weighted by molar-refractivity contribution is 7.10. The van der Waals surface area contributed by atoms with Gasteiger partial charge in [-0.15, -0.1) is 11.3 Å². The highest BCUT2D eigenvalue weighted by Gasteiger charge is 2.36. The maximum atomic E-state index is 13.7. The topological polar surface area (TPSA) is 26.8 Å². The third kappa shape index (κ3) is 4.40. The smallest absolute Gasteiger partial charge is 0.230 e. The van der Waals surface area contributed by atoms with Crippen LogP contribution >= 0.6 is 11.3 Å². The van der Waals surface area contributed by atoms with Crippen LogP contribution in [0.1, 0.15) is 49.0 Å². The van der Waals surface area contributed by atoms with Crippen molar-refractivity contribution in [2.75, 3.05) is 42.5 Å². The second kappa shape index (κ2) is 9.33. The van der Waals surface area contributed by atoms with Gasteiger partial charge in [0.2, 0.25) is 5.91 Å². The molecule has 0 radical (unpaired) electrons. The van der Waals surface area contributed by atoms with E-state index in [0.29, 0.717) is 11.9 Å². The van der Waals surface area contributed by atoms with Crippen LogP contribution in [0.3, 0.4) is 0 Å². The molecule has 5 heteroatoms. The zero-order valence-corrected chi connectivity index (χ0v) is 19.6. The van der Waals surface area contributed by atoms with Crippen LogP contribution in [-0.2, 0) is 11.2 Å². The van der Waals surface area contributed by atoms with Crippen LogP contribution in [0.5, 0.6) is 0 Å². The number of aryl methyl sites for hydroxylation is 2. The number of thiophene rings is 1. The summed E-state index contributed by atoms with van der Waals surface area (Å²) < 4.78 is 0. The van der Waals surface area contributed by atoms with E-state index in [-0.39, 0.29) is 5.92 Å². The van der Waals surface area contributed by atoms with Crippen LogP contribution in [0.25, 0.3) is 0 Å². The summed E-state index contributed by atoms with van der Waals surface area (Å²) in [5.74, 6) is 0.616. The van der Waals surface area contributed by atoms with E-state index >= 15 is 0 Å². The molecule has 5 rings (SSSR count). The molecule has 0 N–H and O–H groups in total. The fourth-order valence-corrected chi connectivity index (χ4v) is 6.52. The van der Waals surface area contributed by atoms with E-state index in [1.807, 2.05) is 11.3 Å². The number of para-hydroxylation sites is 1. The van der Waals surface area contributed by atoms with Crippen molar-refractivity contribution in [3.8, 4) is 0 Å². The lowest BCUT2D eigenvalue weighted by Gasteiger charge is -2.43. The first-order valence-electron chi connectivity index (χ1n) is 12.1. The maximum absolute atomic E-state index is 13.7. The quantitative estimate of drug-likeness (QED) is 0.665. The molecule has 3 aliphatic rings. The molecule has 166 valence electrons. The van der Waals surface area contributed by atoms with Gasteiger partial charge in [0.25, 0.3) is 0 Å². The van der Waals surface area contributed by atoms with E-state index in [4.69, 9.17) is 0 Å². The van der Waals surface area contributed by atoms with Gasteiger partial charge < -0.3 is 9.80 Å². The van der Waals surface area contributed by atoms with Crippen molar-refractivity contribution in [1.29, 1.82) is 0 Å². The van der Waals surface area contributed by atoms with E-state index in [2.05, 4.69) is 57.3 Å². The number of carbonyl (C=O) groups excluding carboxylic acids is 1. The van der Waals surface area contributed by atoms with Gasteiger partial charge in [-0.1, -0.05) is 37.5 Å². The van der Waals surface area contributed by atoms with Gasteiger partial charge in [0, 0.05) is 55.2 Å². The number of rotatable bonds is 4. The molecule has 2 fully saturated rings. The second-order valence-corrected chi connectivity index (χ2v) is 10.6. The van der Waals surface area contributed by atoms with Gasteiger partial charge in [-0.25, -0.2) is 0 Å². The Kier molecular flexibility index (Phi) is 6.33. The molecule has 1 atom stereocenters. The Morgan fingerprint density at radius 1 is 0.968 bits per heavy atom. The third-order valence-electron chi connectivity index (χ3n) is 7.57. The molecule has 0 spiro atoms. The molecule has 1 unspecified atom stereocenters. The average Bonchev–Trinajstić information content (AvgIpc) is 3.25. The monoisotopic (exact) mass is 437 g/mol. The summed E-state index contributed by atoms with van der Waals surface area (Å²) in [5.41, 5.74) is 3.94. The van der Waals surface area contributed by atoms with Crippen molar-refractivity contribution in [3.63, 3.8) is 0 Å². The summed E-state index contributed by atoms with van der Waals surface area (Å²) in [6, 6.07) is 11.2. The Bertz CT molecular complexity index is 896. The van der Waals surface area contributed by atoms with E-state index < -0.39 is 0 Å². The lowest BCUT2D eigenvalue weighted by molar-refractivity contribution is -0.124. The van der Waals surface area contributed by atoms with Gasteiger partial charge in [-0.05, 0) is 55.7 Å². The van der Waals surface area contributed by atoms with Gasteiger partial charge in [-0.3, -0.25) is 9.69 Å². The predicted octanol–water partition coefficient (Wildman–Crippen LogP) is 5.11. The van der Waals surface area contributed by atoms with Crippen LogP contribution in [0.4, 0.5) is 11.4 Å². The molecular weight excluding hydrogens is 402 g/mol. The van der Waals surface area contributed by atoms with Crippen molar-refractivity contribution in [2.45, 2.75) is 57.9 Å². The van der Waals surface area contributed by atoms with Crippen molar-refractivity contribution in [3.05, 3.63) is 46.2 Å². The molecule has 2 aliphatic heterocycles. The largest absolute Gasteiger partial charge is 0.368 e. The third-order valence-corrected chi connectivity index (χ3v) is 8.40. The van der Waals surface area contributed by atoms with Gasteiger partial charge in [0.05, 0.1) is 5.69 Å². The van der Waals surface area contributed by atoms with E-state index in [9.17, 15) is 4.79 Å². The number of fused-ring (bicyclic) bond motifs is 1. The molecule has 1 amide bonds. The summed E-state index contributed by atoms with van der Waals surface area (Å²) in [7, 11) is 0. The van der Waals surface area contributed by atoms with Crippen LogP contribution < -0.4 is 9.80 Å². The second-order valence-electron chi connectivity index (χ2n) is 9.51. The van der Waals surface area contributed by atoms with Crippen LogP contribution in [-0.4, -0.2) is 49.6 Å². The van der Waals surface area contributed by atoms with Gasteiger partial charge in [0.1, 0.15) is 0 Å². The number of anilines is 2. The summed E-state index contributed by atoms with van der Waals surface area (Å²) >= 11 is 1.84. The molecule has 1 saturated heterocycles. The van der Waals surface area contributed by atoms with Crippen LogP contribution in [0, 0.1) is 12.8 Å². The van der Waals surface area contributed by atoms with E-state index in [0.717, 1.165) is 58.4 Å². The Hall–Kier alpha value is -1.85. The Balaban J connectivity index is 1.29. The van der Waals surface area contributed by atoms with Crippen molar-refractivity contribution >= 4 is 28.6 Å². The lowest BCUT2D eigenvalue weighted by atomic mass is 9.86. The number of hydrogen-bond donors (Lipinski definition) is 0. The standard InChI is InChI=1S/C26H35N3OS/c1-20-24(13-18-31-20)28-16-14-27(15-17-28)19-23-12-11-21-7-5-6-10-25(21)29(23)26(30)22-8-3-2-4-9-22/h5-7,10,13,18,22-23H,2-4,8-9,11-12,14-17,19H2,1H3. The highest BCUT2D eigenvalue weighted by atomic mass is 32.1. The normalized spacial score (nSPS) is 23.1. The summed E-state index contributed by atoms with van der Waals surface area (Å²) in [5, 5.41) is 2.20. The van der Waals surface area contributed by atoms with Gasteiger partial charge >= 0.3 is 0 Å². The molecule has 1 aliphatic carbocycles. The number of carbonyl (C=O) groups is 1. The Morgan fingerprint density at radius 3 is 2.48 bits per heavy atom. The summed E-state index contributed by atoms with van der Waals surface area (Å²) in [6.45, 7) is 7.55. The molecule has 1 aromatic carbocycles. The zero-order chi connectivity index (χ0) is 21.2. The van der Waals surface area contributed by atoms with E-state index in [1.54, 1.807) is 0 Å². The lowest BCUT2D eigenvalue weighted by Crippen LogP contribution is -2.55. The number of nitrogens with zero attached hydrogens (tertiary/aromatic N) is 3. The van der Waals surface area contributed by atoms with E-state index in [1.165, 1.54) is 41.1 Å². The molecular formula is C26H35N3OS. The zero-order valence-electron chi connectivity index (χ0n) is 18.8. The molecule has 0 bridgehead atoms.